The maximum Gasteiger partial charge on any atom is 0.345 e. The lowest BCUT2D eigenvalue weighted by molar-refractivity contribution is -0.384. The van der Waals surface area contributed by atoms with Gasteiger partial charge in [-0.2, -0.15) is 0 Å². The van der Waals surface area contributed by atoms with Crippen LogP contribution in [0.4, 0.5) is 5.69 Å². The lowest BCUT2D eigenvalue weighted by atomic mass is 9.86. The lowest BCUT2D eigenvalue weighted by Gasteiger charge is -2.58. The highest BCUT2D eigenvalue weighted by Crippen LogP contribution is 2.60. The van der Waals surface area contributed by atoms with Crippen molar-refractivity contribution < 1.29 is 33.0 Å². The van der Waals surface area contributed by atoms with Crippen molar-refractivity contribution in [3.63, 3.8) is 0 Å². The molecule has 0 aromatic heterocycles. The van der Waals surface area contributed by atoms with Gasteiger partial charge in [0.15, 0.2) is 12.0 Å². The van der Waals surface area contributed by atoms with Gasteiger partial charge in [-0.25, -0.2) is 4.79 Å². The molecule has 2 saturated heterocycles. The van der Waals surface area contributed by atoms with Gasteiger partial charge in [0.1, 0.15) is 35.5 Å². The number of benzene rings is 5. The summed E-state index contributed by atoms with van der Waals surface area (Å²) < 4.78 is 25.0. The van der Waals surface area contributed by atoms with E-state index in [-0.39, 0.29) is 24.6 Å². The number of nitrogens with one attached hydrogen (secondary N) is 1. The minimum atomic E-state index is -2.46. The zero-order valence-electron chi connectivity index (χ0n) is 29.4. The highest BCUT2D eigenvalue weighted by Gasteiger charge is 2.73. The average molecular weight is 842 g/mol. The van der Waals surface area contributed by atoms with E-state index in [1.54, 1.807) is 30.3 Å². The van der Waals surface area contributed by atoms with Gasteiger partial charge in [0, 0.05) is 35.2 Å². The third-order valence-corrected chi connectivity index (χ3v) is 17.9. The summed E-state index contributed by atoms with van der Waals surface area (Å²) in [6.45, 7) is -0.763. The monoisotopic (exact) mass is 840 g/mol. The fourth-order valence-corrected chi connectivity index (χ4v) is 16.1. The molecule has 2 fully saturated rings. The van der Waals surface area contributed by atoms with Crippen molar-refractivity contribution in [3.8, 4) is 5.75 Å². The number of esters is 1. The molecule has 55 heavy (non-hydrogen) atoms. The molecule has 0 spiro atoms. The molecule has 11 nitrogen and oxygen atoms in total. The number of para-hydroxylation sites is 1. The number of ether oxygens (including phenoxy) is 2. The standard InChI is InChI=1S/C41H35BrN3O8PS/c42-40(28-54(33-15-7-2-8-16-33,34-17-9-3-10-18-34)35-19-11-4-12-20-35)27-44-37(47)41(38(44)55(51)29-40,43-36(46)26-52-32-13-5-1-6-14-32)39(48)53-25-30-21-23-31(24-22-30)45(49)50/h1-24,38H,25-29H2/p+1/t38-,40?,41+,55+/m1/s1. The second kappa shape index (κ2) is 15.9. The Morgan fingerprint density at radius 1 is 0.836 bits per heavy atom. The number of alkyl halides is 1. The molecule has 2 aliphatic rings. The van der Waals surface area contributed by atoms with Crippen LogP contribution in [-0.2, 0) is 36.5 Å². The number of hydrogen-bond acceptors (Lipinski definition) is 8. The van der Waals surface area contributed by atoms with Crippen LogP contribution < -0.4 is 26.0 Å². The maximum atomic E-state index is 14.6. The van der Waals surface area contributed by atoms with Crippen LogP contribution in [0.2, 0.25) is 0 Å². The Balaban J connectivity index is 1.20. The number of halogens is 1. The minimum absolute atomic E-state index is 0.0590. The van der Waals surface area contributed by atoms with E-state index in [1.807, 2.05) is 54.6 Å². The summed E-state index contributed by atoms with van der Waals surface area (Å²) >= 11 is 4.02. The molecule has 1 unspecified atom stereocenters. The summed E-state index contributed by atoms with van der Waals surface area (Å²) in [4.78, 5) is 54.0. The number of nitrogens with zero attached hydrogens (tertiary/aromatic N) is 2. The molecular weight excluding hydrogens is 805 g/mol. The molecule has 0 bridgehead atoms. The van der Waals surface area contributed by atoms with Gasteiger partial charge in [0.25, 0.3) is 17.5 Å². The van der Waals surface area contributed by atoms with Gasteiger partial charge in [-0.3, -0.25) is 23.9 Å². The van der Waals surface area contributed by atoms with Crippen LogP contribution in [0.3, 0.4) is 0 Å². The van der Waals surface area contributed by atoms with E-state index < -0.39 is 62.6 Å². The Labute approximate surface area is 329 Å². The molecule has 7 rings (SSSR count). The number of nitro groups is 1. The zero-order chi connectivity index (χ0) is 38.6. The first kappa shape index (κ1) is 38.1. The number of β-lactam (4-membered cyclic amide) rings is 1. The fraction of sp³-hybridized carbons (Fsp3) is 0.195. The van der Waals surface area contributed by atoms with Gasteiger partial charge in [-0.05, 0) is 66.2 Å². The Morgan fingerprint density at radius 3 is 1.85 bits per heavy atom. The van der Waals surface area contributed by atoms with Crippen LogP contribution in [-0.4, -0.2) is 72.1 Å². The van der Waals surface area contributed by atoms with Crippen molar-refractivity contribution in [1.29, 1.82) is 0 Å². The number of rotatable bonds is 13. The first-order valence-electron chi connectivity index (χ1n) is 17.4. The van der Waals surface area contributed by atoms with Crippen molar-refractivity contribution in [2.24, 2.45) is 0 Å². The lowest BCUT2D eigenvalue weighted by Crippen LogP contribution is -2.87. The van der Waals surface area contributed by atoms with E-state index in [0.29, 0.717) is 17.5 Å². The Morgan fingerprint density at radius 2 is 1.35 bits per heavy atom. The van der Waals surface area contributed by atoms with Crippen LogP contribution in [0.15, 0.2) is 146 Å². The number of fused-ring (bicyclic) bond motifs is 1. The molecule has 0 radical (unpaired) electrons. The van der Waals surface area contributed by atoms with Gasteiger partial charge in [0.2, 0.25) is 5.54 Å². The van der Waals surface area contributed by atoms with Crippen LogP contribution in [0.5, 0.6) is 5.75 Å². The molecule has 14 heteroatoms. The van der Waals surface area contributed by atoms with Gasteiger partial charge >= 0.3 is 5.97 Å². The number of amides is 2. The molecule has 5 aromatic carbocycles. The topological polar surface area (TPSA) is 145 Å². The first-order valence-corrected chi connectivity index (χ1v) is 21.5. The van der Waals surface area contributed by atoms with Crippen molar-refractivity contribution in [2.45, 2.75) is 21.8 Å². The van der Waals surface area contributed by atoms with E-state index in [2.05, 4.69) is 57.6 Å². The molecule has 2 aliphatic heterocycles. The Hall–Kier alpha value is -5.23. The molecule has 2 heterocycles. The van der Waals surface area contributed by atoms with E-state index in [1.165, 1.54) is 29.2 Å². The Bertz CT molecular complexity index is 2120. The van der Waals surface area contributed by atoms with Gasteiger partial charge in [0.05, 0.1) is 15.4 Å². The Kier molecular flexibility index (Phi) is 11.0. The van der Waals surface area contributed by atoms with Crippen LogP contribution >= 0.6 is 23.2 Å². The van der Waals surface area contributed by atoms with E-state index >= 15 is 0 Å². The van der Waals surface area contributed by atoms with Crippen LogP contribution in [0, 0.1) is 10.1 Å². The summed E-state index contributed by atoms with van der Waals surface area (Å²) in [7, 11) is -4.34. The molecule has 0 aliphatic carbocycles. The molecular formula is C41H36BrN3O8PS+. The van der Waals surface area contributed by atoms with Crippen molar-refractivity contribution >= 4 is 73.4 Å². The third-order valence-electron chi connectivity index (χ3n) is 9.76. The number of carbonyl (C=O) groups excluding carboxylic acids is 3. The zero-order valence-corrected chi connectivity index (χ0v) is 32.7. The smallest absolute Gasteiger partial charge is 0.345 e. The van der Waals surface area contributed by atoms with E-state index in [4.69, 9.17) is 9.47 Å². The van der Waals surface area contributed by atoms with Gasteiger partial charge in [-0.15, -0.1) is 0 Å². The van der Waals surface area contributed by atoms with E-state index in [0.717, 1.165) is 15.9 Å². The SMILES string of the molecule is O=C(COc1ccccc1)N[C@@]1(C(=O)OCc2ccc([N+](=O)[O-])cc2)C(=O)N2CC(Br)(C[P+](c3ccccc3)(c3ccccc3)c3ccccc3)C[S@](=O)[C@@H]21. The highest BCUT2D eigenvalue weighted by molar-refractivity contribution is 9.10. The second-order valence-corrected chi connectivity index (χ2v) is 20.1. The molecule has 2 amide bonds. The summed E-state index contributed by atoms with van der Waals surface area (Å²) in [6.07, 6.45) is 0.495. The molecule has 1 N–H and O–H groups in total. The average Bonchev–Trinajstić information content (AvgIpc) is 3.21. The summed E-state index contributed by atoms with van der Waals surface area (Å²) in [5.41, 5.74) is -2.01. The van der Waals surface area contributed by atoms with Crippen molar-refractivity contribution in [2.75, 3.05) is 25.1 Å². The van der Waals surface area contributed by atoms with Crippen LogP contribution in [0.25, 0.3) is 0 Å². The fourth-order valence-electron chi connectivity index (χ4n) is 7.33. The molecule has 280 valence electrons. The third kappa shape index (κ3) is 7.44. The van der Waals surface area contributed by atoms with E-state index in [9.17, 15) is 28.7 Å². The predicted octanol–water partition coefficient (Wildman–Crippen LogP) is 4.63. The predicted molar refractivity (Wildman–Crippen MR) is 216 cm³/mol. The normalized spacial score (nSPS) is 21.8. The van der Waals surface area contributed by atoms with Gasteiger partial charge < -0.3 is 19.7 Å². The number of hydrogen-bond donors (Lipinski definition) is 1. The largest absolute Gasteiger partial charge is 0.484 e. The summed E-state index contributed by atoms with van der Waals surface area (Å²) in [5, 5.41) is 15.8. The van der Waals surface area contributed by atoms with Crippen molar-refractivity contribution in [3.05, 3.63) is 161 Å². The number of carbonyl (C=O) groups is 3. The minimum Gasteiger partial charge on any atom is -0.484 e. The summed E-state index contributed by atoms with van der Waals surface area (Å²) in [6, 6.07) is 44.6. The van der Waals surface area contributed by atoms with Gasteiger partial charge in [-0.1, -0.05) is 88.7 Å². The molecule has 0 saturated carbocycles. The first-order chi connectivity index (χ1) is 26.6. The molecule has 5 aromatic rings. The number of non-ortho nitro benzene ring substituents is 1. The quantitative estimate of drug-likeness (QED) is 0.0344. The molecule has 4 atom stereocenters. The van der Waals surface area contributed by atoms with Crippen LogP contribution in [0.1, 0.15) is 5.56 Å². The highest BCUT2D eigenvalue weighted by atomic mass is 79.9. The maximum absolute atomic E-state index is 14.6. The van der Waals surface area contributed by atoms with Crippen molar-refractivity contribution in [1.82, 2.24) is 10.2 Å². The number of nitro benzene ring substituents is 1. The summed E-state index contributed by atoms with van der Waals surface area (Å²) in [5.74, 6) is -2.15. The second-order valence-electron chi connectivity index (χ2n) is 13.4.